The molecule has 0 spiro atoms. The molecule has 1 saturated carbocycles. The van der Waals surface area contributed by atoms with E-state index in [0.717, 1.165) is 62.3 Å². The Morgan fingerprint density at radius 2 is 1.78 bits per heavy atom. The van der Waals surface area contributed by atoms with E-state index in [1.54, 1.807) is 24.3 Å². The Balaban J connectivity index is 1.15. The number of hydrogen-bond acceptors (Lipinski definition) is 6. The molecule has 0 N–H and O–H groups in total. The molecule has 0 atom stereocenters. The van der Waals surface area contributed by atoms with Crippen LogP contribution in [0, 0.1) is 0 Å². The number of piperazine rings is 1. The Kier molecular flexibility index (Phi) is 6.46. The first-order chi connectivity index (χ1) is 15.7. The highest BCUT2D eigenvalue weighted by Gasteiger charge is 2.29. The van der Waals surface area contributed by atoms with Crippen molar-refractivity contribution >= 4 is 23.5 Å². The zero-order chi connectivity index (χ0) is 21.9. The van der Waals surface area contributed by atoms with Crippen LogP contribution in [0.4, 0.5) is 5.95 Å². The summed E-state index contributed by atoms with van der Waals surface area (Å²) in [6.07, 6.45) is 7.59. The van der Waals surface area contributed by atoms with Gasteiger partial charge in [0.25, 0.3) is 5.91 Å². The lowest BCUT2D eigenvalue weighted by Gasteiger charge is -2.43. The van der Waals surface area contributed by atoms with Gasteiger partial charge in [0.2, 0.25) is 5.95 Å². The first kappa shape index (κ1) is 21.5. The van der Waals surface area contributed by atoms with Gasteiger partial charge in [-0.3, -0.25) is 9.69 Å². The molecule has 7 nitrogen and oxygen atoms in total. The van der Waals surface area contributed by atoms with Gasteiger partial charge in [-0.05, 0) is 49.1 Å². The van der Waals surface area contributed by atoms with E-state index in [4.69, 9.17) is 21.3 Å². The third kappa shape index (κ3) is 4.84. The second-order valence-electron chi connectivity index (χ2n) is 8.87. The molecule has 5 rings (SSSR count). The molecule has 3 aliphatic rings. The molecular formula is C24H30ClN5O2. The van der Waals surface area contributed by atoms with Crippen LogP contribution >= 0.6 is 11.6 Å². The molecule has 2 fully saturated rings. The molecular weight excluding hydrogens is 426 g/mol. The highest BCUT2D eigenvalue weighted by atomic mass is 35.5. The Bertz CT molecular complexity index is 942. The standard InChI is InChI=1S/C24H30ClN5O2/c25-19-4-6-21(7-5-19)32-17-23(31)29-10-8-18-16-26-24(27-22(18)9-11-29)30-14-12-28(13-15-30)20-2-1-3-20/h4-7,16,20H,1-3,8-15,17H2. The van der Waals surface area contributed by atoms with Crippen LogP contribution in [0.25, 0.3) is 0 Å². The van der Waals surface area contributed by atoms with Crippen molar-refractivity contribution in [3.05, 3.63) is 46.7 Å². The zero-order valence-electron chi connectivity index (χ0n) is 18.4. The summed E-state index contributed by atoms with van der Waals surface area (Å²) in [7, 11) is 0. The molecule has 1 saturated heterocycles. The number of hydrogen-bond donors (Lipinski definition) is 0. The van der Waals surface area contributed by atoms with Crippen LogP contribution in [0.1, 0.15) is 30.5 Å². The number of nitrogens with zero attached hydrogens (tertiary/aromatic N) is 5. The summed E-state index contributed by atoms with van der Waals surface area (Å²) in [5, 5.41) is 0.648. The van der Waals surface area contributed by atoms with Gasteiger partial charge < -0.3 is 14.5 Å². The summed E-state index contributed by atoms with van der Waals surface area (Å²) >= 11 is 5.90. The van der Waals surface area contributed by atoms with Crippen molar-refractivity contribution in [2.75, 3.05) is 50.8 Å². The van der Waals surface area contributed by atoms with Gasteiger partial charge in [-0.2, -0.15) is 0 Å². The van der Waals surface area contributed by atoms with Crippen LogP contribution in [0.2, 0.25) is 5.02 Å². The largest absolute Gasteiger partial charge is 0.484 e. The summed E-state index contributed by atoms with van der Waals surface area (Å²) in [5.41, 5.74) is 2.22. The third-order valence-electron chi connectivity index (χ3n) is 6.93. The van der Waals surface area contributed by atoms with Crippen molar-refractivity contribution in [1.29, 1.82) is 0 Å². The predicted octanol–water partition coefficient (Wildman–Crippen LogP) is 2.81. The lowest BCUT2D eigenvalue weighted by atomic mass is 9.91. The maximum absolute atomic E-state index is 12.7. The molecule has 2 aromatic rings. The normalized spacial score (nSPS) is 19.8. The van der Waals surface area contributed by atoms with E-state index >= 15 is 0 Å². The number of carbonyl (C=O) groups excluding carboxylic acids is 1. The fourth-order valence-corrected chi connectivity index (χ4v) is 4.80. The number of anilines is 1. The minimum absolute atomic E-state index is 0.00643. The molecule has 32 heavy (non-hydrogen) atoms. The van der Waals surface area contributed by atoms with Gasteiger partial charge in [-0.25, -0.2) is 9.97 Å². The summed E-state index contributed by atoms with van der Waals surface area (Å²) in [5.74, 6) is 1.48. The first-order valence-corrected chi connectivity index (χ1v) is 12.0. The van der Waals surface area contributed by atoms with E-state index in [9.17, 15) is 4.79 Å². The van der Waals surface area contributed by atoms with E-state index in [1.165, 1.54) is 19.3 Å². The van der Waals surface area contributed by atoms with E-state index in [0.29, 0.717) is 23.9 Å². The number of fused-ring (bicyclic) bond motifs is 1. The molecule has 170 valence electrons. The summed E-state index contributed by atoms with van der Waals surface area (Å²) in [4.78, 5) is 29.1. The Hall–Kier alpha value is -2.38. The van der Waals surface area contributed by atoms with Gasteiger partial charge in [-0.15, -0.1) is 0 Å². The maximum Gasteiger partial charge on any atom is 0.260 e. The number of benzene rings is 1. The number of ether oxygens (including phenoxy) is 1. The highest BCUT2D eigenvalue weighted by molar-refractivity contribution is 6.30. The topological polar surface area (TPSA) is 61.8 Å². The minimum atomic E-state index is -0.00643. The minimum Gasteiger partial charge on any atom is -0.484 e. The van der Waals surface area contributed by atoms with Crippen LogP contribution in [-0.2, 0) is 17.6 Å². The molecule has 0 bridgehead atoms. The first-order valence-electron chi connectivity index (χ1n) is 11.7. The fraction of sp³-hybridized carbons (Fsp3) is 0.542. The van der Waals surface area contributed by atoms with Crippen LogP contribution in [-0.4, -0.2) is 77.6 Å². The summed E-state index contributed by atoms with van der Waals surface area (Å²) < 4.78 is 5.64. The summed E-state index contributed by atoms with van der Waals surface area (Å²) in [6, 6.07) is 7.87. The van der Waals surface area contributed by atoms with Gasteiger partial charge in [-0.1, -0.05) is 18.0 Å². The van der Waals surface area contributed by atoms with Crippen molar-refractivity contribution in [1.82, 2.24) is 19.8 Å². The van der Waals surface area contributed by atoms with Crippen LogP contribution in [0.5, 0.6) is 5.75 Å². The smallest absolute Gasteiger partial charge is 0.260 e. The molecule has 1 aromatic carbocycles. The fourth-order valence-electron chi connectivity index (χ4n) is 4.67. The number of rotatable bonds is 5. The quantitative estimate of drug-likeness (QED) is 0.691. The van der Waals surface area contributed by atoms with Gasteiger partial charge >= 0.3 is 0 Å². The van der Waals surface area contributed by atoms with Crippen molar-refractivity contribution in [3.63, 3.8) is 0 Å². The zero-order valence-corrected chi connectivity index (χ0v) is 19.1. The van der Waals surface area contributed by atoms with Crippen molar-refractivity contribution in [2.45, 2.75) is 38.1 Å². The van der Waals surface area contributed by atoms with Gasteiger partial charge in [0, 0.05) is 63.0 Å². The molecule has 2 aliphatic heterocycles. The Morgan fingerprint density at radius 1 is 1.03 bits per heavy atom. The number of aromatic nitrogens is 2. The molecule has 0 radical (unpaired) electrons. The van der Waals surface area contributed by atoms with Crippen molar-refractivity contribution < 1.29 is 9.53 Å². The van der Waals surface area contributed by atoms with Crippen LogP contribution in [0.3, 0.4) is 0 Å². The molecule has 0 unspecified atom stereocenters. The van der Waals surface area contributed by atoms with E-state index in [-0.39, 0.29) is 12.5 Å². The number of halogens is 1. The van der Waals surface area contributed by atoms with Crippen LogP contribution < -0.4 is 9.64 Å². The number of amides is 1. The Morgan fingerprint density at radius 3 is 2.50 bits per heavy atom. The van der Waals surface area contributed by atoms with E-state index in [1.807, 2.05) is 11.1 Å². The van der Waals surface area contributed by atoms with E-state index in [2.05, 4.69) is 14.8 Å². The second-order valence-corrected chi connectivity index (χ2v) is 9.31. The molecule has 1 aromatic heterocycles. The van der Waals surface area contributed by atoms with Crippen LogP contribution in [0.15, 0.2) is 30.5 Å². The van der Waals surface area contributed by atoms with Crippen molar-refractivity contribution in [3.8, 4) is 5.75 Å². The van der Waals surface area contributed by atoms with E-state index < -0.39 is 0 Å². The number of carbonyl (C=O) groups is 1. The third-order valence-corrected chi connectivity index (χ3v) is 7.18. The molecule has 1 aliphatic carbocycles. The molecule has 8 heteroatoms. The second kappa shape index (κ2) is 9.63. The van der Waals surface area contributed by atoms with Gasteiger partial charge in [0.1, 0.15) is 5.75 Å². The van der Waals surface area contributed by atoms with Crippen molar-refractivity contribution in [2.24, 2.45) is 0 Å². The lowest BCUT2D eigenvalue weighted by Crippen LogP contribution is -2.52. The highest BCUT2D eigenvalue weighted by Crippen LogP contribution is 2.26. The average Bonchev–Trinajstić information content (AvgIpc) is 3.00. The SMILES string of the molecule is O=C(COc1ccc(Cl)cc1)N1CCc2cnc(N3CCN(C4CCC4)CC3)nc2CC1. The Labute approximate surface area is 194 Å². The molecule has 3 heterocycles. The maximum atomic E-state index is 12.7. The predicted molar refractivity (Wildman–Crippen MR) is 124 cm³/mol. The van der Waals surface area contributed by atoms with Gasteiger partial charge in [0.05, 0.1) is 5.69 Å². The average molecular weight is 456 g/mol. The monoisotopic (exact) mass is 455 g/mol. The summed E-state index contributed by atoms with van der Waals surface area (Å²) in [6.45, 7) is 5.52. The van der Waals surface area contributed by atoms with Gasteiger partial charge in [0.15, 0.2) is 6.61 Å². The molecule has 1 amide bonds. The lowest BCUT2D eigenvalue weighted by molar-refractivity contribution is -0.133.